The zero-order valence-corrected chi connectivity index (χ0v) is 6.84. The molecule has 62 valence electrons. The average Bonchev–Trinajstić information content (AvgIpc) is 2.07. The summed E-state index contributed by atoms with van der Waals surface area (Å²) in [7, 11) is 0. The fraction of sp³-hybridized carbons (Fsp3) is 0.667. The Kier molecular flexibility index (Phi) is 3.73. The molecule has 1 saturated carbocycles. The van der Waals surface area contributed by atoms with E-state index in [1.807, 2.05) is 6.20 Å². The highest BCUT2D eigenvalue weighted by Crippen LogP contribution is 2.16. The third-order valence-corrected chi connectivity index (χ3v) is 2.13. The second-order valence-corrected chi connectivity index (χ2v) is 3.03. The van der Waals surface area contributed by atoms with Gasteiger partial charge < -0.3 is 10.7 Å². The molecule has 0 atom stereocenters. The summed E-state index contributed by atoms with van der Waals surface area (Å²) in [5.74, 6) is 0. The summed E-state index contributed by atoms with van der Waals surface area (Å²) in [5.41, 5.74) is 0. The maximum atomic E-state index is 6.77. The summed E-state index contributed by atoms with van der Waals surface area (Å²) in [4.78, 5) is 0. The molecular formula is C9H16N2. The van der Waals surface area contributed by atoms with Gasteiger partial charge in [0, 0.05) is 12.3 Å². The molecule has 11 heavy (non-hydrogen) atoms. The number of hydrogen-bond acceptors (Lipinski definition) is 2. The van der Waals surface area contributed by atoms with Crippen LogP contribution in [0.25, 0.3) is 0 Å². The molecule has 2 heteroatoms. The van der Waals surface area contributed by atoms with Crippen molar-refractivity contribution < 1.29 is 0 Å². The van der Waals surface area contributed by atoms with Crippen LogP contribution in [0.15, 0.2) is 12.3 Å². The van der Waals surface area contributed by atoms with Crippen LogP contribution in [0.5, 0.6) is 0 Å². The van der Waals surface area contributed by atoms with E-state index in [4.69, 9.17) is 5.41 Å². The van der Waals surface area contributed by atoms with Crippen LogP contribution in [0.4, 0.5) is 0 Å². The van der Waals surface area contributed by atoms with E-state index in [2.05, 4.69) is 5.32 Å². The van der Waals surface area contributed by atoms with Gasteiger partial charge in [-0.25, -0.2) is 0 Å². The predicted octanol–water partition coefficient (Wildman–Crippen LogP) is 2.07. The Morgan fingerprint density at radius 2 is 1.91 bits per heavy atom. The Morgan fingerprint density at radius 1 is 1.18 bits per heavy atom. The maximum Gasteiger partial charge on any atom is 0.0255 e. The quantitative estimate of drug-likeness (QED) is 0.597. The van der Waals surface area contributed by atoms with Crippen LogP contribution in [0.2, 0.25) is 0 Å². The summed E-state index contributed by atoms with van der Waals surface area (Å²) in [6.07, 6.45) is 11.6. The molecule has 0 aromatic heterocycles. The summed E-state index contributed by atoms with van der Waals surface area (Å²) < 4.78 is 0. The van der Waals surface area contributed by atoms with Crippen molar-refractivity contribution >= 4 is 6.21 Å². The molecule has 0 aliphatic heterocycles. The van der Waals surface area contributed by atoms with E-state index in [0.29, 0.717) is 6.04 Å². The molecule has 1 aliphatic rings. The number of hydrogen-bond donors (Lipinski definition) is 2. The van der Waals surface area contributed by atoms with Crippen molar-refractivity contribution in [2.75, 3.05) is 0 Å². The average molecular weight is 152 g/mol. The molecule has 2 nitrogen and oxygen atoms in total. The molecule has 0 heterocycles. The van der Waals surface area contributed by atoms with Gasteiger partial charge in [-0.2, -0.15) is 0 Å². The van der Waals surface area contributed by atoms with Crippen molar-refractivity contribution in [2.24, 2.45) is 0 Å². The minimum atomic E-state index is 0.667. The van der Waals surface area contributed by atoms with Crippen LogP contribution in [-0.2, 0) is 0 Å². The number of nitrogens with one attached hydrogen (secondary N) is 2. The fourth-order valence-electron chi connectivity index (χ4n) is 1.51. The third kappa shape index (κ3) is 3.21. The van der Waals surface area contributed by atoms with Crippen LogP contribution in [-0.4, -0.2) is 12.3 Å². The fourth-order valence-corrected chi connectivity index (χ4v) is 1.51. The SMILES string of the molecule is N=C/C=C\NC1CCCCC1. The van der Waals surface area contributed by atoms with E-state index >= 15 is 0 Å². The van der Waals surface area contributed by atoms with Gasteiger partial charge in [0.15, 0.2) is 0 Å². The first-order chi connectivity index (χ1) is 5.43. The molecule has 1 fully saturated rings. The molecule has 0 bridgehead atoms. The zero-order chi connectivity index (χ0) is 7.94. The van der Waals surface area contributed by atoms with Gasteiger partial charge >= 0.3 is 0 Å². The second-order valence-electron chi connectivity index (χ2n) is 3.03. The number of allylic oxidation sites excluding steroid dienone is 1. The molecule has 0 amide bonds. The van der Waals surface area contributed by atoms with Crippen molar-refractivity contribution in [3.8, 4) is 0 Å². The van der Waals surface area contributed by atoms with Gasteiger partial charge in [0.2, 0.25) is 0 Å². The molecule has 1 rings (SSSR count). The van der Waals surface area contributed by atoms with Crippen LogP contribution < -0.4 is 5.32 Å². The Balaban J connectivity index is 2.14. The van der Waals surface area contributed by atoms with Gasteiger partial charge in [-0.05, 0) is 25.1 Å². The van der Waals surface area contributed by atoms with E-state index in [1.165, 1.54) is 38.3 Å². The predicted molar refractivity (Wildman–Crippen MR) is 47.9 cm³/mol. The van der Waals surface area contributed by atoms with E-state index in [0.717, 1.165) is 0 Å². The monoisotopic (exact) mass is 152 g/mol. The van der Waals surface area contributed by atoms with E-state index in [1.54, 1.807) is 6.08 Å². The lowest BCUT2D eigenvalue weighted by molar-refractivity contribution is 0.404. The van der Waals surface area contributed by atoms with Crippen molar-refractivity contribution in [1.82, 2.24) is 5.32 Å². The molecule has 0 aromatic carbocycles. The van der Waals surface area contributed by atoms with Crippen molar-refractivity contribution in [1.29, 1.82) is 5.41 Å². The van der Waals surface area contributed by atoms with Crippen molar-refractivity contribution in [2.45, 2.75) is 38.1 Å². The van der Waals surface area contributed by atoms with Gasteiger partial charge in [0.25, 0.3) is 0 Å². The van der Waals surface area contributed by atoms with Gasteiger partial charge in [-0.3, -0.25) is 0 Å². The Labute approximate surface area is 68.2 Å². The zero-order valence-electron chi connectivity index (χ0n) is 6.84. The molecule has 0 spiro atoms. The van der Waals surface area contributed by atoms with E-state index < -0.39 is 0 Å². The highest BCUT2D eigenvalue weighted by molar-refractivity contribution is 5.67. The van der Waals surface area contributed by atoms with Crippen LogP contribution in [0, 0.1) is 5.41 Å². The van der Waals surface area contributed by atoms with Crippen LogP contribution in [0.1, 0.15) is 32.1 Å². The highest BCUT2D eigenvalue weighted by atomic mass is 14.9. The van der Waals surface area contributed by atoms with Crippen molar-refractivity contribution in [3.05, 3.63) is 12.3 Å². The molecule has 0 radical (unpaired) electrons. The lowest BCUT2D eigenvalue weighted by atomic mass is 9.96. The highest BCUT2D eigenvalue weighted by Gasteiger charge is 2.10. The standard InChI is InChI=1S/C9H16N2/c10-7-4-8-11-9-5-2-1-3-6-9/h4,7-11H,1-3,5-6H2/b8-4-,10-7?. The lowest BCUT2D eigenvalue weighted by Gasteiger charge is -2.21. The lowest BCUT2D eigenvalue weighted by Crippen LogP contribution is -2.26. The van der Waals surface area contributed by atoms with Gasteiger partial charge in [0.1, 0.15) is 0 Å². The molecule has 1 aliphatic carbocycles. The minimum absolute atomic E-state index is 0.667. The Morgan fingerprint density at radius 3 is 2.55 bits per heavy atom. The third-order valence-electron chi connectivity index (χ3n) is 2.13. The molecule has 0 saturated heterocycles. The molecule has 2 N–H and O–H groups in total. The second kappa shape index (κ2) is 4.94. The topological polar surface area (TPSA) is 35.9 Å². The van der Waals surface area contributed by atoms with Gasteiger partial charge in [0.05, 0.1) is 0 Å². The Hall–Kier alpha value is -0.790. The maximum absolute atomic E-state index is 6.77. The van der Waals surface area contributed by atoms with E-state index in [9.17, 15) is 0 Å². The first kappa shape index (κ1) is 8.31. The molecular weight excluding hydrogens is 136 g/mol. The summed E-state index contributed by atoms with van der Waals surface area (Å²) in [6, 6.07) is 0.667. The van der Waals surface area contributed by atoms with E-state index in [-0.39, 0.29) is 0 Å². The summed E-state index contributed by atoms with van der Waals surface area (Å²) in [6.45, 7) is 0. The Bertz CT molecular complexity index is 134. The van der Waals surface area contributed by atoms with Crippen LogP contribution in [0.3, 0.4) is 0 Å². The number of rotatable bonds is 3. The first-order valence-corrected chi connectivity index (χ1v) is 4.35. The van der Waals surface area contributed by atoms with Gasteiger partial charge in [-0.15, -0.1) is 0 Å². The normalized spacial score (nSPS) is 20.4. The summed E-state index contributed by atoms with van der Waals surface area (Å²) >= 11 is 0. The van der Waals surface area contributed by atoms with Crippen molar-refractivity contribution in [3.63, 3.8) is 0 Å². The molecule has 0 unspecified atom stereocenters. The summed E-state index contributed by atoms with van der Waals surface area (Å²) in [5, 5.41) is 10.1. The van der Waals surface area contributed by atoms with Crippen LogP contribution >= 0.6 is 0 Å². The smallest absolute Gasteiger partial charge is 0.0255 e. The molecule has 0 aromatic rings. The first-order valence-electron chi connectivity index (χ1n) is 4.35. The largest absolute Gasteiger partial charge is 0.388 e. The van der Waals surface area contributed by atoms with Gasteiger partial charge in [-0.1, -0.05) is 19.3 Å². The minimum Gasteiger partial charge on any atom is -0.388 e.